The Labute approximate surface area is 170 Å². The molecule has 0 spiro atoms. The van der Waals surface area contributed by atoms with Gasteiger partial charge in [-0.1, -0.05) is 18.2 Å². The van der Waals surface area contributed by atoms with Crippen molar-refractivity contribution < 1.29 is 13.9 Å². The molecule has 7 heteroatoms. The van der Waals surface area contributed by atoms with E-state index in [9.17, 15) is 4.39 Å². The number of hydrogen-bond acceptors (Lipinski definition) is 3. The van der Waals surface area contributed by atoms with Crippen molar-refractivity contribution in [1.82, 2.24) is 10.6 Å². The lowest BCUT2D eigenvalue weighted by atomic mass is 10.1. The summed E-state index contributed by atoms with van der Waals surface area (Å²) in [6.45, 7) is 4.35. The number of halogens is 2. The predicted molar refractivity (Wildman–Crippen MR) is 111 cm³/mol. The number of benzene rings is 2. The van der Waals surface area contributed by atoms with Crippen molar-refractivity contribution >= 4 is 29.9 Å². The number of nitrogens with zero attached hydrogens (tertiary/aromatic N) is 1. The molecule has 0 amide bonds. The summed E-state index contributed by atoms with van der Waals surface area (Å²) in [5, 5.41) is 6.52. The Morgan fingerprint density at radius 2 is 1.77 bits per heavy atom. The number of rotatable bonds is 6. The van der Waals surface area contributed by atoms with Gasteiger partial charge >= 0.3 is 0 Å². The van der Waals surface area contributed by atoms with Crippen LogP contribution in [0.2, 0.25) is 0 Å². The highest BCUT2D eigenvalue weighted by molar-refractivity contribution is 14.0. The summed E-state index contributed by atoms with van der Waals surface area (Å²) >= 11 is 0. The van der Waals surface area contributed by atoms with E-state index >= 15 is 0 Å². The zero-order valence-electron chi connectivity index (χ0n) is 14.6. The Morgan fingerprint density at radius 1 is 1.04 bits per heavy atom. The van der Waals surface area contributed by atoms with E-state index in [1.807, 2.05) is 25.1 Å². The fraction of sp³-hybridized carbons (Fsp3) is 0.316. The highest BCUT2D eigenvalue weighted by atomic mass is 127. The molecule has 1 heterocycles. The summed E-state index contributed by atoms with van der Waals surface area (Å²) < 4.78 is 23.6. The number of guanidine groups is 1. The molecule has 0 radical (unpaired) electrons. The lowest BCUT2D eigenvalue weighted by Gasteiger charge is -2.11. The fourth-order valence-corrected chi connectivity index (χ4v) is 2.53. The van der Waals surface area contributed by atoms with E-state index in [1.54, 1.807) is 12.1 Å². The summed E-state index contributed by atoms with van der Waals surface area (Å²) in [5.41, 5.74) is 2.14. The van der Waals surface area contributed by atoms with Gasteiger partial charge in [0.2, 0.25) is 6.79 Å². The molecule has 26 heavy (non-hydrogen) atoms. The lowest BCUT2D eigenvalue weighted by molar-refractivity contribution is 0.174. The first-order valence-corrected chi connectivity index (χ1v) is 8.40. The summed E-state index contributed by atoms with van der Waals surface area (Å²) in [6, 6.07) is 12.4. The number of ether oxygens (including phenoxy) is 2. The highest BCUT2D eigenvalue weighted by Gasteiger charge is 2.12. The smallest absolute Gasteiger partial charge is 0.231 e. The van der Waals surface area contributed by atoms with Crippen molar-refractivity contribution in [2.45, 2.75) is 19.9 Å². The molecule has 2 N–H and O–H groups in total. The zero-order valence-corrected chi connectivity index (χ0v) is 17.0. The molecule has 0 unspecified atom stereocenters. The van der Waals surface area contributed by atoms with Crippen molar-refractivity contribution in [3.63, 3.8) is 0 Å². The number of nitrogens with one attached hydrogen (secondary N) is 2. The van der Waals surface area contributed by atoms with Gasteiger partial charge in [0.1, 0.15) is 5.82 Å². The molecule has 140 valence electrons. The molecule has 2 aromatic carbocycles. The molecular weight excluding hydrogens is 448 g/mol. The van der Waals surface area contributed by atoms with Crippen molar-refractivity contribution in [1.29, 1.82) is 0 Å². The topological polar surface area (TPSA) is 54.9 Å². The predicted octanol–water partition coefficient (Wildman–Crippen LogP) is 3.47. The van der Waals surface area contributed by atoms with E-state index < -0.39 is 0 Å². The van der Waals surface area contributed by atoms with Gasteiger partial charge in [-0.25, -0.2) is 9.38 Å². The first-order chi connectivity index (χ1) is 12.2. The standard InChI is InChI=1S/C19H22FN3O2.HI/c1-2-21-19(22-10-9-14-3-6-16(20)7-4-14)23-12-15-5-8-17-18(11-15)25-13-24-17;/h3-8,11H,2,9-10,12-13H2,1H3,(H2,21,22,23);1H. The third-order valence-corrected chi connectivity index (χ3v) is 3.82. The Balaban J connectivity index is 0.00000243. The molecule has 0 fully saturated rings. The van der Waals surface area contributed by atoms with Crippen LogP contribution in [0.15, 0.2) is 47.5 Å². The van der Waals surface area contributed by atoms with Gasteiger partial charge in [0.25, 0.3) is 0 Å². The molecule has 0 aromatic heterocycles. The van der Waals surface area contributed by atoms with Crippen LogP contribution in [0, 0.1) is 5.82 Å². The first kappa shape index (κ1) is 20.3. The molecule has 0 bridgehead atoms. The van der Waals surface area contributed by atoms with Crippen LogP contribution in [-0.2, 0) is 13.0 Å². The van der Waals surface area contributed by atoms with E-state index in [2.05, 4.69) is 15.6 Å². The Morgan fingerprint density at radius 3 is 2.54 bits per heavy atom. The fourth-order valence-electron chi connectivity index (χ4n) is 2.53. The Kier molecular flexibility index (Phi) is 7.96. The Hall–Kier alpha value is -2.03. The second-order valence-electron chi connectivity index (χ2n) is 5.69. The van der Waals surface area contributed by atoms with Gasteiger partial charge in [0.05, 0.1) is 6.54 Å². The molecule has 0 saturated carbocycles. The minimum atomic E-state index is -0.213. The van der Waals surface area contributed by atoms with Gasteiger partial charge in [-0.3, -0.25) is 0 Å². The van der Waals surface area contributed by atoms with Crippen LogP contribution in [0.1, 0.15) is 18.1 Å². The van der Waals surface area contributed by atoms with E-state index in [4.69, 9.17) is 9.47 Å². The molecule has 1 aliphatic rings. The van der Waals surface area contributed by atoms with Crippen molar-refractivity contribution in [3.05, 3.63) is 59.4 Å². The molecule has 0 aliphatic carbocycles. The molecule has 0 saturated heterocycles. The van der Waals surface area contributed by atoms with Crippen LogP contribution in [0.3, 0.4) is 0 Å². The minimum absolute atomic E-state index is 0. The molecule has 3 rings (SSSR count). The SMILES string of the molecule is CCNC(=NCc1ccc2c(c1)OCO2)NCCc1ccc(F)cc1.I. The largest absolute Gasteiger partial charge is 0.454 e. The molecule has 5 nitrogen and oxygen atoms in total. The van der Waals surface area contributed by atoms with E-state index in [1.165, 1.54) is 12.1 Å². The van der Waals surface area contributed by atoms with Gasteiger partial charge in [-0.2, -0.15) is 0 Å². The highest BCUT2D eigenvalue weighted by Crippen LogP contribution is 2.32. The molecule has 1 aliphatic heterocycles. The molecule has 0 atom stereocenters. The van der Waals surface area contributed by atoms with Gasteiger partial charge < -0.3 is 20.1 Å². The maximum atomic E-state index is 12.9. The summed E-state index contributed by atoms with van der Waals surface area (Å²) in [4.78, 5) is 4.59. The number of fused-ring (bicyclic) bond motifs is 1. The van der Waals surface area contributed by atoms with Crippen molar-refractivity contribution in [2.24, 2.45) is 4.99 Å². The van der Waals surface area contributed by atoms with Crippen molar-refractivity contribution in [3.8, 4) is 11.5 Å². The van der Waals surface area contributed by atoms with Crippen LogP contribution >= 0.6 is 24.0 Å². The Bertz CT molecular complexity index is 738. The second kappa shape index (κ2) is 10.2. The van der Waals surface area contributed by atoms with Gasteiger partial charge in [-0.15, -0.1) is 24.0 Å². The quantitative estimate of drug-likeness (QED) is 0.385. The van der Waals surface area contributed by atoms with Crippen LogP contribution in [0.4, 0.5) is 4.39 Å². The normalized spacial score (nSPS) is 12.5. The lowest BCUT2D eigenvalue weighted by Crippen LogP contribution is -2.38. The maximum Gasteiger partial charge on any atom is 0.231 e. The van der Waals surface area contributed by atoms with Gasteiger partial charge in [-0.05, 0) is 48.7 Å². The first-order valence-electron chi connectivity index (χ1n) is 8.40. The monoisotopic (exact) mass is 471 g/mol. The third-order valence-electron chi connectivity index (χ3n) is 3.82. The summed E-state index contributed by atoms with van der Waals surface area (Å²) in [5.74, 6) is 2.08. The summed E-state index contributed by atoms with van der Waals surface area (Å²) in [7, 11) is 0. The van der Waals surface area contributed by atoms with E-state index in [0.29, 0.717) is 6.54 Å². The average molecular weight is 471 g/mol. The van der Waals surface area contributed by atoms with Gasteiger partial charge in [0, 0.05) is 13.1 Å². The average Bonchev–Trinajstić information content (AvgIpc) is 3.09. The van der Waals surface area contributed by atoms with Crippen LogP contribution in [0.25, 0.3) is 0 Å². The summed E-state index contributed by atoms with van der Waals surface area (Å²) in [6.07, 6.45) is 0.800. The van der Waals surface area contributed by atoms with Gasteiger partial charge in [0.15, 0.2) is 17.5 Å². The third kappa shape index (κ3) is 5.76. The maximum absolute atomic E-state index is 12.9. The number of aliphatic imine (C=N–C) groups is 1. The van der Waals surface area contributed by atoms with E-state index in [-0.39, 0.29) is 36.6 Å². The van der Waals surface area contributed by atoms with Crippen molar-refractivity contribution in [2.75, 3.05) is 19.9 Å². The molecule has 2 aromatic rings. The van der Waals surface area contributed by atoms with Crippen LogP contribution in [0.5, 0.6) is 11.5 Å². The second-order valence-corrected chi connectivity index (χ2v) is 5.69. The van der Waals surface area contributed by atoms with Crippen LogP contribution < -0.4 is 20.1 Å². The molecular formula is C19H23FIN3O2. The number of hydrogen-bond donors (Lipinski definition) is 2. The minimum Gasteiger partial charge on any atom is -0.454 e. The zero-order chi connectivity index (χ0) is 17.5. The van der Waals surface area contributed by atoms with E-state index in [0.717, 1.165) is 48.1 Å². The van der Waals surface area contributed by atoms with Crippen LogP contribution in [-0.4, -0.2) is 25.8 Å².